The predicted molar refractivity (Wildman–Crippen MR) is 92.3 cm³/mol. The van der Waals surface area contributed by atoms with Crippen LogP contribution in [-0.2, 0) is 0 Å². The third-order valence-electron chi connectivity index (χ3n) is 4.25. The van der Waals surface area contributed by atoms with Gasteiger partial charge in [0.25, 0.3) is 11.8 Å². The number of likely N-dealkylation sites (tertiary alicyclic amines) is 1. The molecule has 0 spiro atoms. The Hall–Kier alpha value is -2.61. The van der Waals surface area contributed by atoms with Gasteiger partial charge in [-0.1, -0.05) is 5.16 Å². The maximum absolute atomic E-state index is 12.7. The Bertz CT molecular complexity index is 876. The maximum Gasteiger partial charge on any atom is 0.278 e. The molecular weight excluding hydrogens is 338 g/mol. The van der Waals surface area contributed by atoms with E-state index in [-0.39, 0.29) is 11.8 Å². The van der Waals surface area contributed by atoms with E-state index in [1.54, 1.807) is 18.6 Å². The quantitative estimate of drug-likeness (QED) is 0.718. The van der Waals surface area contributed by atoms with Gasteiger partial charge in [0.05, 0.1) is 11.1 Å². The van der Waals surface area contributed by atoms with Crippen molar-refractivity contribution in [3.63, 3.8) is 0 Å². The molecule has 0 aromatic carbocycles. The molecule has 25 heavy (non-hydrogen) atoms. The van der Waals surface area contributed by atoms with E-state index in [1.807, 2.05) is 24.0 Å². The summed E-state index contributed by atoms with van der Waals surface area (Å²) in [5, 5.41) is 4.10. The van der Waals surface area contributed by atoms with Gasteiger partial charge in [0, 0.05) is 36.3 Å². The number of thiophene rings is 1. The van der Waals surface area contributed by atoms with E-state index < -0.39 is 0 Å². The van der Waals surface area contributed by atoms with Gasteiger partial charge >= 0.3 is 0 Å². The van der Waals surface area contributed by atoms with Crippen LogP contribution in [-0.4, -0.2) is 44.0 Å². The average Bonchev–Trinajstić information content (AvgIpc) is 3.31. The van der Waals surface area contributed by atoms with Crippen LogP contribution in [0.25, 0.3) is 11.6 Å². The first-order valence-electron chi connectivity index (χ1n) is 8.16. The van der Waals surface area contributed by atoms with Crippen molar-refractivity contribution in [3.05, 3.63) is 46.3 Å². The van der Waals surface area contributed by atoms with Crippen LogP contribution in [0.15, 0.2) is 35.2 Å². The second kappa shape index (κ2) is 6.72. The van der Waals surface area contributed by atoms with Crippen molar-refractivity contribution >= 4 is 17.2 Å². The van der Waals surface area contributed by atoms with Gasteiger partial charge in [-0.2, -0.15) is 4.98 Å². The van der Waals surface area contributed by atoms with Crippen molar-refractivity contribution in [2.24, 2.45) is 0 Å². The molecule has 1 saturated heterocycles. The maximum atomic E-state index is 12.7. The van der Waals surface area contributed by atoms with Crippen molar-refractivity contribution < 1.29 is 9.32 Å². The van der Waals surface area contributed by atoms with Gasteiger partial charge in [0.1, 0.15) is 5.69 Å². The third-order valence-corrected chi connectivity index (χ3v) is 5.24. The van der Waals surface area contributed by atoms with E-state index in [9.17, 15) is 4.79 Å². The van der Waals surface area contributed by atoms with Crippen molar-refractivity contribution in [1.82, 2.24) is 25.0 Å². The molecule has 3 aromatic rings. The van der Waals surface area contributed by atoms with Gasteiger partial charge in [-0.15, -0.1) is 11.3 Å². The fraction of sp³-hybridized carbons (Fsp3) is 0.353. The lowest BCUT2D eigenvalue weighted by Gasteiger charge is -2.30. The molecule has 4 heterocycles. The molecule has 0 saturated carbocycles. The minimum absolute atomic E-state index is 0.0768. The van der Waals surface area contributed by atoms with Gasteiger partial charge < -0.3 is 9.42 Å². The van der Waals surface area contributed by atoms with Crippen LogP contribution < -0.4 is 0 Å². The summed E-state index contributed by atoms with van der Waals surface area (Å²) in [7, 11) is 0. The molecular formula is C17H17N5O2S. The lowest BCUT2D eigenvalue weighted by molar-refractivity contribution is 0.0708. The summed E-state index contributed by atoms with van der Waals surface area (Å²) in [6.45, 7) is 3.38. The first-order valence-corrected chi connectivity index (χ1v) is 8.98. The first-order chi connectivity index (χ1) is 12.2. The van der Waals surface area contributed by atoms with Crippen LogP contribution >= 0.6 is 11.3 Å². The zero-order chi connectivity index (χ0) is 17.2. The van der Waals surface area contributed by atoms with Crippen LogP contribution in [0.4, 0.5) is 0 Å². The number of hydrogen-bond acceptors (Lipinski definition) is 7. The highest BCUT2D eigenvalue weighted by atomic mass is 32.1. The Balaban J connectivity index is 1.50. The highest BCUT2D eigenvalue weighted by molar-refractivity contribution is 7.13. The molecule has 1 atom stereocenters. The molecule has 0 radical (unpaired) electrons. The normalized spacial score (nSPS) is 17.6. The topological polar surface area (TPSA) is 85.0 Å². The van der Waals surface area contributed by atoms with E-state index in [0.29, 0.717) is 24.0 Å². The standard InChI is InChI=1S/C17H17N5O2S/c1-11-4-5-14(25-11)17(23)22-8-2-3-12(10-22)15-20-16(24-21-15)13-9-18-6-7-19-13/h4-7,9,12H,2-3,8,10H2,1H3/t12-/m1/s1. The molecule has 0 N–H and O–H groups in total. The minimum Gasteiger partial charge on any atom is -0.337 e. The summed E-state index contributed by atoms with van der Waals surface area (Å²) >= 11 is 1.53. The summed E-state index contributed by atoms with van der Waals surface area (Å²) in [4.78, 5) is 29.1. The highest BCUT2D eigenvalue weighted by Gasteiger charge is 2.29. The number of aromatic nitrogens is 4. The van der Waals surface area contributed by atoms with Crippen LogP contribution in [0.2, 0.25) is 0 Å². The second-order valence-corrected chi connectivity index (χ2v) is 7.34. The van der Waals surface area contributed by atoms with Crippen LogP contribution in [0.1, 0.15) is 39.1 Å². The van der Waals surface area contributed by atoms with E-state index in [0.717, 1.165) is 29.1 Å². The predicted octanol–water partition coefficient (Wildman–Crippen LogP) is 2.92. The number of nitrogens with zero attached hydrogens (tertiary/aromatic N) is 5. The summed E-state index contributed by atoms with van der Waals surface area (Å²) in [6.07, 6.45) is 6.64. The van der Waals surface area contributed by atoms with Crippen molar-refractivity contribution in [3.8, 4) is 11.6 Å². The van der Waals surface area contributed by atoms with Crippen LogP contribution in [0, 0.1) is 6.92 Å². The average molecular weight is 355 g/mol. The highest BCUT2D eigenvalue weighted by Crippen LogP contribution is 2.28. The molecule has 4 rings (SSSR count). The molecule has 3 aromatic heterocycles. The van der Waals surface area contributed by atoms with Crippen LogP contribution in [0.3, 0.4) is 0 Å². The molecule has 1 aliphatic heterocycles. The monoisotopic (exact) mass is 355 g/mol. The number of aryl methyl sites for hydroxylation is 1. The number of piperidine rings is 1. The summed E-state index contributed by atoms with van der Waals surface area (Å²) < 4.78 is 5.32. The lowest BCUT2D eigenvalue weighted by Crippen LogP contribution is -2.39. The minimum atomic E-state index is 0.0768. The van der Waals surface area contributed by atoms with Crippen molar-refractivity contribution in [1.29, 1.82) is 0 Å². The lowest BCUT2D eigenvalue weighted by atomic mass is 9.97. The number of amides is 1. The number of carbonyl (C=O) groups is 1. The molecule has 0 unspecified atom stereocenters. The SMILES string of the molecule is Cc1ccc(C(=O)N2CCC[C@@H](c3noc(-c4cnccn4)n3)C2)s1. The molecule has 0 bridgehead atoms. The number of hydrogen-bond donors (Lipinski definition) is 0. The van der Waals surface area contributed by atoms with Crippen molar-refractivity contribution in [2.45, 2.75) is 25.7 Å². The van der Waals surface area contributed by atoms with E-state index in [2.05, 4.69) is 20.1 Å². The molecule has 1 fully saturated rings. The molecule has 1 amide bonds. The Labute approximate surface area is 148 Å². The fourth-order valence-corrected chi connectivity index (χ4v) is 3.83. The number of rotatable bonds is 3. The summed E-state index contributed by atoms with van der Waals surface area (Å²) in [5.41, 5.74) is 0.555. The Morgan fingerprint density at radius 3 is 3.04 bits per heavy atom. The van der Waals surface area contributed by atoms with Gasteiger partial charge in [-0.05, 0) is 31.9 Å². The zero-order valence-electron chi connectivity index (χ0n) is 13.8. The summed E-state index contributed by atoms with van der Waals surface area (Å²) in [5.74, 6) is 1.15. The van der Waals surface area contributed by atoms with E-state index in [4.69, 9.17) is 4.52 Å². The Kier molecular flexibility index (Phi) is 4.27. The first kappa shape index (κ1) is 15.9. The Morgan fingerprint density at radius 2 is 2.28 bits per heavy atom. The van der Waals surface area contributed by atoms with Gasteiger partial charge in [-0.25, -0.2) is 4.98 Å². The Morgan fingerprint density at radius 1 is 1.36 bits per heavy atom. The molecule has 1 aliphatic rings. The van der Waals surface area contributed by atoms with E-state index in [1.165, 1.54) is 11.3 Å². The van der Waals surface area contributed by atoms with Gasteiger partial charge in [-0.3, -0.25) is 9.78 Å². The molecule has 0 aliphatic carbocycles. The van der Waals surface area contributed by atoms with Crippen molar-refractivity contribution in [2.75, 3.05) is 13.1 Å². The number of carbonyl (C=O) groups excluding carboxylic acids is 1. The zero-order valence-corrected chi connectivity index (χ0v) is 14.6. The molecule has 8 heteroatoms. The van der Waals surface area contributed by atoms with Gasteiger partial charge in [0.15, 0.2) is 5.82 Å². The fourth-order valence-electron chi connectivity index (χ4n) is 2.99. The van der Waals surface area contributed by atoms with Gasteiger partial charge in [0.2, 0.25) is 0 Å². The molecule has 7 nitrogen and oxygen atoms in total. The third kappa shape index (κ3) is 3.30. The van der Waals surface area contributed by atoms with Crippen LogP contribution in [0.5, 0.6) is 0 Å². The second-order valence-electron chi connectivity index (χ2n) is 6.05. The largest absolute Gasteiger partial charge is 0.337 e. The smallest absolute Gasteiger partial charge is 0.278 e. The molecule has 128 valence electrons. The van der Waals surface area contributed by atoms with E-state index >= 15 is 0 Å². The summed E-state index contributed by atoms with van der Waals surface area (Å²) in [6, 6.07) is 3.87.